The second-order valence-electron chi connectivity index (χ2n) is 5.75. The van der Waals surface area contributed by atoms with Crippen molar-refractivity contribution in [2.45, 2.75) is 36.7 Å². The number of rotatable bonds is 5. The van der Waals surface area contributed by atoms with Crippen molar-refractivity contribution in [2.24, 2.45) is 0 Å². The molecule has 0 radical (unpaired) electrons. The zero-order chi connectivity index (χ0) is 16.3. The van der Waals surface area contributed by atoms with Gasteiger partial charge >= 0.3 is 0 Å². The van der Waals surface area contributed by atoms with E-state index in [1.54, 1.807) is 18.0 Å². The molecule has 0 fully saturated rings. The van der Waals surface area contributed by atoms with Crippen LogP contribution in [0, 0.1) is 0 Å². The van der Waals surface area contributed by atoms with E-state index in [0.29, 0.717) is 12.0 Å². The van der Waals surface area contributed by atoms with Crippen molar-refractivity contribution in [1.29, 1.82) is 0 Å². The first kappa shape index (κ1) is 16.1. The number of benzene rings is 1. The van der Waals surface area contributed by atoms with Crippen LogP contribution in [-0.2, 0) is 12.0 Å². The van der Waals surface area contributed by atoms with Crippen molar-refractivity contribution in [1.82, 2.24) is 5.32 Å². The molecular formula is C18H21NO3S. The number of hydrogen-bond acceptors (Lipinski definition) is 4. The van der Waals surface area contributed by atoms with Crippen LogP contribution in [0.4, 0.5) is 0 Å². The molecule has 1 atom stereocenters. The van der Waals surface area contributed by atoms with Gasteiger partial charge in [-0.2, -0.15) is 0 Å². The number of amides is 1. The van der Waals surface area contributed by atoms with Gasteiger partial charge in [0.1, 0.15) is 11.4 Å². The third-order valence-corrected chi connectivity index (χ3v) is 5.17. The summed E-state index contributed by atoms with van der Waals surface area (Å²) >= 11 is 1.64. The van der Waals surface area contributed by atoms with E-state index < -0.39 is 5.60 Å². The Morgan fingerprint density at radius 1 is 1.39 bits per heavy atom. The maximum Gasteiger partial charge on any atom is 0.252 e. The van der Waals surface area contributed by atoms with E-state index in [0.717, 1.165) is 34.8 Å². The Morgan fingerprint density at radius 2 is 2.22 bits per heavy atom. The van der Waals surface area contributed by atoms with Crippen LogP contribution in [0.1, 0.15) is 41.4 Å². The Hall–Kier alpha value is -1.72. The molecule has 23 heavy (non-hydrogen) atoms. The highest BCUT2D eigenvalue weighted by Gasteiger charge is 2.36. The van der Waals surface area contributed by atoms with Gasteiger partial charge in [-0.1, -0.05) is 19.1 Å². The zero-order valence-corrected chi connectivity index (χ0v) is 14.0. The maximum atomic E-state index is 12.5. The number of hydrogen-bond donors (Lipinski definition) is 2. The van der Waals surface area contributed by atoms with Crippen LogP contribution in [0.3, 0.4) is 0 Å². The molecule has 2 aromatic rings. The monoisotopic (exact) mass is 331 g/mol. The number of nitrogens with one attached hydrogen (secondary N) is 1. The molecule has 1 aliphatic rings. The highest BCUT2D eigenvalue weighted by atomic mass is 32.2. The molecule has 1 amide bonds. The van der Waals surface area contributed by atoms with Crippen LogP contribution in [0.25, 0.3) is 0 Å². The van der Waals surface area contributed by atoms with Crippen molar-refractivity contribution in [3.8, 4) is 0 Å². The second-order valence-corrected chi connectivity index (χ2v) is 7.06. The van der Waals surface area contributed by atoms with Gasteiger partial charge in [0.25, 0.3) is 5.91 Å². The van der Waals surface area contributed by atoms with Crippen molar-refractivity contribution in [3.05, 3.63) is 53.5 Å². The van der Waals surface area contributed by atoms with Crippen LogP contribution in [-0.4, -0.2) is 23.3 Å². The van der Waals surface area contributed by atoms with Crippen molar-refractivity contribution < 1.29 is 14.3 Å². The summed E-state index contributed by atoms with van der Waals surface area (Å²) in [6.45, 7) is 2.26. The lowest BCUT2D eigenvalue weighted by molar-refractivity contribution is 0.0169. The van der Waals surface area contributed by atoms with Crippen LogP contribution in [0.2, 0.25) is 0 Å². The zero-order valence-electron chi connectivity index (χ0n) is 13.2. The molecule has 4 nitrogen and oxygen atoms in total. The molecule has 0 saturated heterocycles. The van der Waals surface area contributed by atoms with Gasteiger partial charge in [0.2, 0.25) is 0 Å². The third-order valence-electron chi connectivity index (χ3n) is 4.21. The van der Waals surface area contributed by atoms with E-state index in [2.05, 4.69) is 12.2 Å². The fourth-order valence-corrected chi connectivity index (χ4v) is 3.87. The topological polar surface area (TPSA) is 62.5 Å². The fraction of sp³-hybridized carbons (Fsp3) is 0.389. The summed E-state index contributed by atoms with van der Waals surface area (Å²) in [6.07, 6.45) is 3.94. The first-order chi connectivity index (χ1) is 11.1. The molecule has 0 spiro atoms. The third kappa shape index (κ3) is 3.31. The lowest BCUT2D eigenvalue weighted by Gasteiger charge is -2.31. The molecule has 2 N–H and O–H groups in total. The Labute approximate surface area is 140 Å². The maximum absolute atomic E-state index is 12.5. The van der Waals surface area contributed by atoms with E-state index in [1.165, 1.54) is 0 Å². The van der Waals surface area contributed by atoms with Gasteiger partial charge in [-0.25, -0.2) is 0 Å². The molecule has 0 saturated carbocycles. The van der Waals surface area contributed by atoms with Gasteiger partial charge in [0, 0.05) is 16.9 Å². The Bertz CT molecular complexity index is 697. The number of aliphatic hydroxyl groups is 1. The second kappa shape index (κ2) is 6.81. The van der Waals surface area contributed by atoms with E-state index in [1.807, 2.05) is 30.3 Å². The standard InChI is InChI=1S/C18H21NO3S/c1-2-23-16-8-4-3-6-13(16)17(20)19-12-18(21)10-5-7-15-14(18)9-11-22-15/h3-4,6,8-9,11,21H,2,5,7,10,12H2,1H3,(H,19,20). The molecule has 1 aliphatic carbocycles. The number of aryl methyl sites for hydroxylation is 1. The smallest absolute Gasteiger partial charge is 0.252 e. The molecule has 122 valence electrons. The molecule has 0 aliphatic heterocycles. The minimum atomic E-state index is -1.04. The number of carbonyl (C=O) groups is 1. The number of fused-ring (bicyclic) bond motifs is 1. The first-order valence-corrected chi connectivity index (χ1v) is 8.92. The average molecular weight is 331 g/mol. The lowest BCUT2D eigenvalue weighted by atomic mass is 9.83. The van der Waals surface area contributed by atoms with Gasteiger partial charge < -0.3 is 14.8 Å². The number of furan rings is 1. The summed E-state index contributed by atoms with van der Waals surface area (Å²) < 4.78 is 5.42. The predicted molar refractivity (Wildman–Crippen MR) is 90.7 cm³/mol. The minimum Gasteiger partial charge on any atom is -0.469 e. The van der Waals surface area contributed by atoms with Gasteiger partial charge in [0.15, 0.2) is 0 Å². The molecule has 1 aromatic carbocycles. The Kier molecular flexibility index (Phi) is 4.78. The fourth-order valence-electron chi connectivity index (χ4n) is 3.07. The molecule has 0 bridgehead atoms. The van der Waals surface area contributed by atoms with Crippen LogP contribution < -0.4 is 5.32 Å². The van der Waals surface area contributed by atoms with Gasteiger partial charge in [-0.05, 0) is 36.8 Å². The normalized spacial score (nSPS) is 20.1. The minimum absolute atomic E-state index is 0.148. The van der Waals surface area contributed by atoms with E-state index in [4.69, 9.17) is 4.42 Å². The molecular weight excluding hydrogens is 310 g/mol. The molecule has 5 heteroatoms. The van der Waals surface area contributed by atoms with E-state index in [-0.39, 0.29) is 12.5 Å². The van der Waals surface area contributed by atoms with Crippen LogP contribution in [0.5, 0.6) is 0 Å². The molecule has 1 aromatic heterocycles. The summed E-state index contributed by atoms with van der Waals surface area (Å²) in [6, 6.07) is 9.37. The van der Waals surface area contributed by atoms with Gasteiger partial charge in [-0.3, -0.25) is 4.79 Å². The quantitative estimate of drug-likeness (QED) is 0.825. The Morgan fingerprint density at radius 3 is 3.04 bits per heavy atom. The summed E-state index contributed by atoms with van der Waals surface area (Å²) in [5.41, 5.74) is 0.426. The number of carbonyl (C=O) groups excluding carboxylic acids is 1. The highest BCUT2D eigenvalue weighted by molar-refractivity contribution is 7.99. The molecule has 1 unspecified atom stereocenters. The predicted octanol–water partition coefficient (Wildman–Crippen LogP) is 3.35. The summed E-state index contributed by atoms with van der Waals surface area (Å²) in [5, 5.41) is 13.8. The van der Waals surface area contributed by atoms with E-state index >= 15 is 0 Å². The van der Waals surface area contributed by atoms with Crippen LogP contribution in [0.15, 0.2) is 45.9 Å². The van der Waals surface area contributed by atoms with Crippen LogP contribution >= 0.6 is 11.8 Å². The largest absolute Gasteiger partial charge is 0.469 e. The summed E-state index contributed by atoms with van der Waals surface area (Å²) in [7, 11) is 0. The number of thioether (sulfide) groups is 1. The van der Waals surface area contributed by atoms with E-state index in [9.17, 15) is 9.90 Å². The average Bonchev–Trinajstić information content (AvgIpc) is 3.04. The van der Waals surface area contributed by atoms with Gasteiger partial charge in [-0.15, -0.1) is 11.8 Å². The molecule has 1 heterocycles. The highest BCUT2D eigenvalue weighted by Crippen LogP contribution is 2.35. The molecule has 3 rings (SSSR count). The van der Waals surface area contributed by atoms with Crippen molar-refractivity contribution >= 4 is 17.7 Å². The summed E-state index contributed by atoms with van der Waals surface area (Å²) in [4.78, 5) is 13.5. The van der Waals surface area contributed by atoms with Crippen molar-refractivity contribution in [3.63, 3.8) is 0 Å². The van der Waals surface area contributed by atoms with Crippen molar-refractivity contribution in [2.75, 3.05) is 12.3 Å². The first-order valence-electron chi connectivity index (χ1n) is 7.93. The SMILES string of the molecule is CCSc1ccccc1C(=O)NCC1(O)CCCc2occc21. The van der Waals surface area contributed by atoms with Gasteiger partial charge in [0.05, 0.1) is 18.4 Å². The summed E-state index contributed by atoms with van der Waals surface area (Å²) in [5.74, 6) is 1.59. The lowest BCUT2D eigenvalue weighted by Crippen LogP contribution is -2.42. The Balaban J connectivity index is 1.73.